The Hall–Kier alpha value is -1.86. The molecule has 1 fully saturated rings. The predicted octanol–water partition coefficient (Wildman–Crippen LogP) is 4.06. The average Bonchev–Trinajstić information content (AvgIpc) is 2.86. The third-order valence-electron chi connectivity index (χ3n) is 5.09. The third kappa shape index (κ3) is 2.93. The Kier molecular flexibility index (Phi) is 4.17. The van der Waals surface area contributed by atoms with Crippen LogP contribution in [0.15, 0.2) is 6.20 Å². The number of hydrogen-bond acceptors (Lipinski definition) is 4. The molecule has 0 N–H and O–H groups in total. The Morgan fingerprint density at radius 1 is 1.33 bits per heavy atom. The second-order valence-corrected chi connectivity index (χ2v) is 7.04. The van der Waals surface area contributed by atoms with Crippen molar-refractivity contribution in [2.45, 2.75) is 45.2 Å². The SMILES string of the molecule is CC1CCc2c1ncc([N+](=O)[O-])c2N1C[C@@H](C)C[C@@H](C(F)(F)F)C1. The summed E-state index contributed by atoms with van der Waals surface area (Å²) < 4.78 is 39.7. The quantitative estimate of drug-likeness (QED) is 0.600. The molecule has 2 aliphatic rings. The van der Waals surface area contributed by atoms with E-state index in [-0.39, 0.29) is 30.5 Å². The maximum absolute atomic E-state index is 13.2. The van der Waals surface area contributed by atoms with E-state index in [0.29, 0.717) is 18.7 Å². The van der Waals surface area contributed by atoms with Crippen molar-refractivity contribution in [3.8, 4) is 0 Å². The van der Waals surface area contributed by atoms with Crippen LogP contribution in [-0.2, 0) is 6.42 Å². The molecule has 5 nitrogen and oxygen atoms in total. The molecule has 8 heteroatoms. The molecule has 0 amide bonds. The highest BCUT2D eigenvalue weighted by Crippen LogP contribution is 2.45. The fraction of sp³-hybridized carbons (Fsp3) is 0.688. The molecule has 0 radical (unpaired) electrons. The molecule has 132 valence electrons. The van der Waals surface area contributed by atoms with Gasteiger partial charge in [-0.2, -0.15) is 13.2 Å². The molecule has 1 aromatic rings. The first-order valence-electron chi connectivity index (χ1n) is 8.16. The Morgan fingerprint density at radius 3 is 2.67 bits per heavy atom. The zero-order valence-electron chi connectivity index (χ0n) is 13.6. The van der Waals surface area contributed by atoms with Gasteiger partial charge < -0.3 is 4.90 Å². The van der Waals surface area contributed by atoms with Crippen LogP contribution in [-0.4, -0.2) is 29.2 Å². The van der Waals surface area contributed by atoms with Gasteiger partial charge in [-0.05, 0) is 31.1 Å². The van der Waals surface area contributed by atoms with Crippen molar-refractivity contribution in [2.75, 3.05) is 18.0 Å². The molecule has 1 aromatic heterocycles. The highest BCUT2D eigenvalue weighted by atomic mass is 19.4. The number of alkyl halides is 3. The molecule has 3 rings (SSSR count). The van der Waals surface area contributed by atoms with Crippen molar-refractivity contribution in [3.63, 3.8) is 0 Å². The first kappa shape index (κ1) is 17.0. The Balaban J connectivity index is 2.06. The van der Waals surface area contributed by atoms with E-state index in [1.54, 1.807) is 11.8 Å². The molecule has 2 heterocycles. The van der Waals surface area contributed by atoms with Crippen LogP contribution in [0.1, 0.15) is 43.9 Å². The zero-order valence-corrected chi connectivity index (χ0v) is 13.6. The fourth-order valence-corrected chi connectivity index (χ4v) is 3.97. The average molecular weight is 343 g/mol. The number of nitro groups is 1. The number of rotatable bonds is 2. The number of hydrogen-bond donors (Lipinski definition) is 0. The van der Waals surface area contributed by atoms with E-state index in [4.69, 9.17) is 0 Å². The number of pyridine rings is 1. The highest BCUT2D eigenvalue weighted by Gasteiger charge is 2.45. The minimum Gasteiger partial charge on any atom is -0.365 e. The number of nitrogens with zero attached hydrogens (tertiary/aromatic N) is 3. The smallest absolute Gasteiger partial charge is 0.365 e. The number of halogens is 3. The predicted molar refractivity (Wildman–Crippen MR) is 83.2 cm³/mol. The van der Waals surface area contributed by atoms with E-state index < -0.39 is 17.0 Å². The molecule has 1 saturated heterocycles. The molecule has 24 heavy (non-hydrogen) atoms. The molecule has 1 unspecified atom stereocenters. The largest absolute Gasteiger partial charge is 0.393 e. The Morgan fingerprint density at radius 2 is 2.04 bits per heavy atom. The summed E-state index contributed by atoms with van der Waals surface area (Å²) >= 11 is 0. The topological polar surface area (TPSA) is 59.3 Å². The van der Waals surface area contributed by atoms with E-state index in [1.807, 2.05) is 6.92 Å². The molecule has 0 saturated carbocycles. The van der Waals surface area contributed by atoms with Crippen molar-refractivity contribution in [1.82, 2.24) is 4.98 Å². The van der Waals surface area contributed by atoms with Crippen molar-refractivity contribution in [2.24, 2.45) is 11.8 Å². The molecule has 0 aromatic carbocycles. The molecular formula is C16H20F3N3O2. The van der Waals surface area contributed by atoms with Crippen LogP contribution in [0.5, 0.6) is 0 Å². The lowest BCUT2D eigenvalue weighted by atomic mass is 9.89. The minimum absolute atomic E-state index is 0.0669. The molecular weight excluding hydrogens is 323 g/mol. The highest BCUT2D eigenvalue weighted by molar-refractivity contribution is 5.70. The van der Waals surface area contributed by atoms with Crippen molar-refractivity contribution in [1.29, 1.82) is 0 Å². The van der Waals surface area contributed by atoms with Gasteiger partial charge in [0, 0.05) is 24.3 Å². The first-order valence-corrected chi connectivity index (χ1v) is 8.16. The maximum atomic E-state index is 13.2. The molecule has 0 bridgehead atoms. The Bertz CT molecular complexity index is 663. The summed E-state index contributed by atoms with van der Waals surface area (Å²) in [6, 6.07) is 0. The van der Waals surface area contributed by atoms with Crippen molar-refractivity contribution < 1.29 is 18.1 Å². The number of aromatic nitrogens is 1. The first-order chi connectivity index (χ1) is 11.2. The van der Waals surface area contributed by atoms with Gasteiger partial charge >= 0.3 is 11.9 Å². The van der Waals surface area contributed by atoms with Crippen LogP contribution in [0.2, 0.25) is 0 Å². The second kappa shape index (κ2) is 5.89. The van der Waals surface area contributed by atoms with Crippen LogP contribution in [0.25, 0.3) is 0 Å². The van der Waals surface area contributed by atoms with Crippen LogP contribution in [0.3, 0.4) is 0 Å². The number of piperidine rings is 1. The van der Waals surface area contributed by atoms with E-state index in [2.05, 4.69) is 4.98 Å². The summed E-state index contributed by atoms with van der Waals surface area (Å²) in [5, 5.41) is 11.4. The van der Waals surface area contributed by atoms with Crippen molar-refractivity contribution >= 4 is 11.4 Å². The molecule has 1 aliphatic carbocycles. The summed E-state index contributed by atoms with van der Waals surface area (Å²) in [7, 11) is 0. The lowest BCUT2D eigenvalue weighted by molar-refractivity contribution is -0.384. The summed E-state index contributed by atoms with van der Waals surface area (Å²) in [5.74, 6) is -1.45. The number of fused-ring (bicyclic) bond motifs is 1. The Labute approximate surface area is 138 Å². The molecule has 1 aliphatic heterocycles. The monoisotopic (exact) mass is 343 g/mol. The third-order valence-corrected chi connectivity index (χ3v) is 5.09. The van der Waals surface area contributed by atoms with Crippen LogP contribution >= 0.6 is 0 Å². The zero-order chi connectivity index (χ0) is 17.6. The van der Waals surface area contributed by atoms with Crippen LogP contribution in [0.4, 0.5) is 24.5 Å². The molecule has 3 atom stereocenters. The van der Waals surface area contributed by atoms with Gasteiger partial charge in [-0.25, -0.2) is 0 Å². The van der Waals surface area contributed by atoms with E-state index in [1.165, 1.54) is 6.20 Å². The number of anilines is 1. The van der Waals surface area contributed by atoms with Gasteiger partial charge in [0.05, 0.1) is 10.8 Å². The van der Waals surface area contributed by atoms with E-state index >= 15 is 0 Å². The van der Waals surface area contributed by atoms with Gasteiger partial charge in [-0.3, -0.25) is 15.1 Å². The van der Waals surface area contributed by atoms with E-state index in [9.17, 15) is 23.3 Å². The van der Waals surface area contributed by atoms with Crippen LogP contribution in [0, 0.1) is 22.0 Å². The lowest BCUT2D eigenvalue weighted by Gasteiger charge is -2.39. The molecule has 0 spiro atoms. The normalized spacial score (nSPS) is 27.2. The van der Waals surface area contributed by atoms with Gasteiger partial charge in [0.2, 0.25) is 0 Å². The fourth-order valence-electron chi connectivity index (χ4n) is 3.97. The second-order valence-electron chi connectivity index (χ2n) is 7.04. The minimum atomic E-state index is -4.29. The van der Waals surface area contributed by atoms with Gasteiger partial charge in [0.15, 0.2) is 0 Å². The van der Waals surface area contributed by atoms with Crippen LogP contribution < -0.4 is 4.90 Å². The van der Waals surface area contributed by atoms with E-state index in [0.717, 1.165) is 17.7 Å². The lowest BCUT2D eigenvalue weighted by Crippen LogP contribution is -2.45. The van der Waals surface area contributed by atoms with Gasteiger partial charge in [-0.15, -0.1) is 0 Å². The standard InChI is InChI=1S/C16H20F3N3O2/c1-9-5-11(16(17,18)19)8-21(7-9)15-12-4-3-10(2)14(12)20-6-13(15)22(23)24/h6,9-11H,3-5,7-8H2,1-2H3/t9-,10?,11+/m0/s1. The van der Waals surface area contributed by atoms with Gasteiger partial charge in [0.25, 0.3) is 0 Å². The summed E-state index contributed by atoms with van der Waals surface area (Å²) in [6.07, 6.45) is -1.56. The van der Waals surface area contributed by atoms with Gasteiger partial charge in [0.1, 0.15) is 11.9 Å². The summed E-state index contributed by atoms with van der Waals surface area (Å²) in [6.45, 7) is 3.93. The van der Waals surface area contributed by atoms with Gasteiger partial charge in [-0.1, -0.05) is 13.8 Å². The summed E-state index contributed by atoms with van der Waals surface area (Å²) in [5.41, 5.74) is 1.72. The summed E-state index contributed by atoms with van der Waals surface area (Å²) in [4.78, 5) is 16.7. The maximum Gasteiger partial charge on any atom is 0.393 e. The van der Waals surface area contributed by atoms with Crippen molar-refractivity contribution in [3.05, 3.63) is 27.6 Å².